The number of piperidine rings is 1. The van der Waals surface area contributed by atoms with Crippen molar-refractivity contribution < 1.29 is 9.59 Å². The van der Waals surface area contributed by atoms with Crippen LogP contribution in [0.2, 0.25) is 5.02 Å². The fourth-order valence-electron chi connectivity index (χ4n) is 3.16. The average Bonchev–Trinajstić information content (AvgIpc) is 3.11. The highest BCUT2D eigenvalue weighted by Crippen LogP contribution is 2.21. The Hall–Kier alpha value is -1.37. The zero-order chi connectivity index (χ0) is 16.2. The minimum atomic E-state index is -0.0759. The summed E-state index contributed by atoms with van der Waals surface area (Å²) >= 11 is 5.78. The first-order valence-electron chi connectivity index (χ1n) is 8.08. The van der Waals surface area contributed by atoms with Crippen molar-refractivity contribution >= 4 is 41.6 Å². The highest BCUT2D eigenvalue weighted by atomic mass is 35.5. The molecule has 3 heterocycles. The van der Waals surface area contributed by atoms with Gasteiger partial charge in [0, 0.05) is 25.2 Å². The number of rotatable bonds is 3. The van der Waals surface area contributed by atoms with Gasteiger partial charge in [0.2, 0.25) is 11.8 Å². The molecule has 0 bridgehead atoms. The third kappa shape index (κ3) is 4.59. The fraction of sp³-hybridized carbons (Fsp3) is 0.562. The molecule has 0 aromatic carbocycles. The van der Waals surface area contributed by atoms with Gasteiger partial charge in [-0.3, -0.25) is 9.59 Å². The maximum absolute atomic E-state index is 12.3. The molecule has 2 saturated heterocycles. The van der Waals surface area contributed by atoms with Crippen molar-refractivity contribution in [2.24, 2.45) is 5.92 Å². The fourth-order valence-corrected chi connectivity index (χ4v) is 3.27. The third-order valence-corrected chi connectivity index (χ3v) is 4.74. The number of carbonyl (C=O) groups is 2. The van der Waals surface area contributed by atoms with Crippen LogP contribution in [0.25, 0.3) is 0 Å². The lowest BCUT2D eigenvalue weighted by atomic mass is 9.95. The molecule has 1 atom stereocenters. The van der Waals surface area contributed by atoms with E-state index in [1.807, 2.05) is 4.90 Å². The molecule has 24 heavy (non-hydrogen) atoms. The van der Waals surface area contributed by atoms with Gasteiger partial charge in [-0.15, -0.1) is 12.4 Å². The average molecular weight is 373 g/mol. The van der Waals surface area contributed by atoms with Crippen molar-refractivity contribution in [1.82, 2.24) is 15.2 Å². The van der Waals surface area contributed by atoms with Crippen LogP contribution >= 0.6 is 24.0 Å². The summed E-state index contributed by atoms with van der Waals surface area (Å²) in [6.45, 7) is 2.20. The lowest BCUT2D eigenvalue weighted by Crippen LogP contribution is -2.48. The molecule has 8 heteroatoms. The van der Waals surface area contributed by atoms with Gasteiger partial charge in [0.25, 0.3) is 0 Å². The molecule has 132 valence electrons. The lowest BCUT2D eigenvalue weighted by molar-refractivity contribution is -0.136. The Kier molecular flexibility index (Phi) is 6.83. The topological polar surface area (TPSA) is 74.3 Å². The summed E-state index contributed by atoms with van der Waals surface area (Å²) in [7, 11) is 0. The molecule has 2 aliphatic heterocycles. The summed E-state index contributed by atoms with van der Waals surface area (Å²) in [5.74, 6) is 0.577. The number of hydrogen-bond acceptors (Lipinski definition) is 4. The molecule has 0 saturated carbocycles. The van der Waals surface area contributed by atoms with Gasteiger partial charge in [0.05, 0.1) is 11.1 Å². The largest absolute Gasteiger partial charge is 0.341 e. The quantitative estimate of drug-likeness (QED) is 0.851. The van der Waals surface area contributed by atoms with Crippen LogP contribution in [0.5, 0.6) is 0 Å². The first-order valence-corrected chi connectivity index (χ1v) is 8.46. The van der Waals surface area contributed by atoms with E-state index in [1.165, 1.54) is 6.20 Å². The highest BCUT2D eigenvalue weighted by molar-refractivity contribution is 6.30. The summed E-state index contributed by atoms with van der Waals surface area (Å²) in [4.78, 5) is 30.6. The van der Waals surface area contributed by atoms with Crippen LogP contribution in [0.4, 0.5) is 5.82 Å². The summed E-state index contributed by atoms with van der Waals surface area (Å²) in [6.07, 6.45) is 4.87. The van der Waals surface area contributed by atoms with Crippen LogP contribution in [0.15, 0.2) is 18.3 Å². The lowest BCUT2D eigenvalue weighted by Gasteiger charge is -2.32. The van der Waals surface area contributed by atoms with E-state index >= 15 is 0 Å². The normalized spacial score (nSPS) is 21.2. The molecule has 1 aromatic rings. The number of nitrogens with one attached hydrogen (secondary N) is 2. The summed E-state index contributed by atoms with van der Waals surface area (Å²) in [5, 5.41) is 6.59. The van der Waals surface area contributed by atoms with E-state index in [9.17, 15) is 9.59 Å². The maximum Gasteiger partial charge on any atom is 0.239 e. The van der Waals surface area contributed by atoms with E-state index in [0.29, 0.717) is 36.8 Å². The Morgan fingerprint density at radius 1 is 1.25 bits per heavy atom. The molecule has 0 spiro atoms. The van der Waals surface area contributed by atoms with E-state index in [-0.39, 0.29) is 36.2 Å². The van der Waals surface area contributed by atoms with Crippen molar-refractivity contribution in [2.75, 3.05) is 25.0 Å². The molecule has 0 aliphatic carbocycles. The van der Waals surface area contributed by atoms with E-state index in [1.54, 1.807) is 12.1 Å². The number of anilines is 1. The van der Waals surface area contributed by atoms with Crippen LogP contribution in [0, 0.1) is 5.92 Å². The SMILES string of the molecule is Cl.O=C(Nc1ccc(Cl)cn1)C1CCN(C(=O)C2CCCN2)CC1. The first-order chi connectivity index (χ1) is 11.1. The van der Waals surface area contributed by atoms with Crippen LogP contribution in [-0.2, 0) is 9.59 Å². The number of likely N-dealkylation sites (tertiary alicyclic amines) is 1. The van der Waals surface area contributed by atoms with Crippen molar-refractivity contribution in [3.8, 4) is 0 Å². The van der Waals surface area contributed by atoms with E-state index in [0.717, 1.165) is 19.4 Å². The Bertz CT molecular complexity index is 568. The molecule has 6 nitrogen and oxygen atoms in total. The maximum atomic E-state index is 12.3. The van der Waals surface area contributed by atoms with Crippen LogP contribution in [0.3, 0.4) is 0 Å². The Morgan fingerprint density at radius 3 is 2.58 bits per heavy atom. The van der Waals surface area contributed by atoms with Gasteiger partial charge in [-0.05, 0) is 44.4 Å². The molecule has 2 aliphatic rings. The number of hydrogen-bond donors (Lipinski definition) is 2. The number of nitrogens with zero attached hydrogens (tertiary/aromatic N) is 2. The standard InChI is InChI=1S/C16H21ClN4O2.ClH/c17-12-3-4-14(19-10-12)20-15(22)11-5-8-21(9-6-11)16(23)13-2-1-7-18-13;/h3-4,10-11,13,18H,1-2,5-9H2,(H,19,20,22);1H. The van der Waals surface area contributed by atoms with Gasteiger partial charge in [-0.1, -0.05) is 11.6 Å². The second-order valence-corrected chi connectivity index (χ2v) is 6.54. The van der Waals surface area contributed by atoms with Gasteiger partial charge in [0.1, 0.15) is 5.82 Å². The monoisotopic (exact) mass is 372 g/mol. The zero-order valence-electron chi connectivity index (χ0n) is 13.3. The molecule has 2 fully saturated rings. The van der Waals surface area contributed by atoms with Crippen molar-refractivity contribution in [3.63, 3.8) is 0 Å². The minimum absolute atomic E-state index is 0. The first kappa shape index (κ1) is 19.0. The van der Waals surface area contributed by atoms with Gasteiger partial charge < -0.3 is 15.5 Å². The van der Waals surface area contributed by atoms with Gasteiger partial charge in [-0.2, -0.15) is 0 Å². The van der Waals surface area contributed by atoms with E-state index < -0.39 is 0 Å². The van der Waals surface area contributed by atoms with E-state index in [2.05, 4.69) is 15.6 Å². The number of amides is 2. The van der Waals surface area contributed by atoms with Crippen LogP contribution in [-0.4, -0.2) is 47.4 Å². The van der Waals surface area contributed by atoms with Crippen molar-refractivity contribution in [3.05, 3.63) is 23.4 Å². The van der Waals surface area contributed by atoms with Crippen molar-refractivity contribution in [2.45, 2.75) is 31.7 Å². The molecular formula is C16H22Cl2N4O2. The molecular weight excluding hydrogens is 351 g/mol. The summed E-state index contributed by atoms with van der Waals surface area (Å²) in [6, 6.07) is 3.35. The number of halogens is 2. The molecule has 2 amide bonds. The zero-order valence-corrected chi connectivity index (χ0v) is 14.9. The second kappa shape index (κ2) is 8.65. The molecule has 1 unspecified atom stereocenters. The minimum Gasteiger partial charge on any atom is -0.341 e. The van der Waals surface area contributed by atoms with Crippen molar-refractivity contribution in [1.29, 1.82) is 0 Å². The molecule has 2 N–H and O–H groups in total. The van der Waals surface area contributed by atoms with Crippen LogP contribution in [0.1, 0.15) is 25.7 Å². The Balaban J connectivity index is 0.00000208. The summed E-state index contributed by atoms with van der Waals surface area (Å²) < 4.78 is 0. The van der Waals surface area contributed by atoms with E-state index in [4.69, 9.17) is 11.6 Å². The highest BCUT2D eigenvalue weighted by Gasteiger charge is 2.31. The molecule has 0 radical (unpaired) electrons. The van der Waals surface area contributed by atoms with Crippen LogP contribution < -0.4 is 10.6 Å². The van der Waals surface area contributed by atoms with Gasteiger partial charge >= 0.3 is 0 Å². The van der Waals surface area contributed by atoms with Gasteiger partial charge in [-0.25, -0.2) is 4.98 Å². The number of aromatic nitrogens is 1. The predicted octanol–water partition coefficient (Wildman–Crippen LogP) is 2.09. The number of carbonyl (C=O) groups excluding carboxylic acids is 2. The van der Waals surface area contributed by atoms with Gasteiger partial charge in [0.15, 0.2) is 0 Å². The Morgan fingerprint density at radius 2 is 2.00 bits per heavy atom. The second-order valence-electron chi connectivity index (χ2n) is 6.10. The smallest absolute Gasteiger partial charge is 0.239 e. The Labute approximate surface area is 152 Å². The number of pyridine rings is 1. The third-order valence-electron chi connectivity index (χ3n) is 4.51. The molecule has 1 aromatic heterocycles. The molecule has 3 rings (SSSR count). The summed E-state index contributed by atoms with van der Waals surface area (Å²) in [5.41, 5.74) is 0. The predicted molar refractivity (Wildman–Crippen MR) is 95.5 cm³/mol.